The van der Waals surface area contributed by atoms with Gasteiger partial charge in [-0.25, -0.2) is 0 Å². The third kappa shape index (κ3) is 4.75. The molecule has 3 fully saturated rings. The maximum Gasteiger partial charge on any atom is 0.416 e. The first-order valence-electron chi connectivity index (χ1n) is 12.7. The number of hydrogen-bond acceptors (Lipinski definition) is 4. The SMILES string of the molecule is FC(F)(F)c1cccc(CCc2nnc(C3[C@H]4CN(C5CCC(c6ccccc6)CC5)C[C@@H]34)o2)c1. The molecule has 4 nitrogen and oxygen atoms in total. The normalized spacial score (nSPS) is 28.7. The molecule has 1 aromatic heterocycles. The highest BCUT2D eigenvalue weighted by Gasteiger charge is 2.59. The van der Waals surface area contributed by atoms with Crippen molar-refractivity contribution < 1.29 is 17.6 Å². The van der Waals surface area contributed by atoms with Crippen LogP contribution in [-0.2, 0) is 19.0 Å². The van der Waals surface area contributed by atoms with Crippen LogP contribution in [0.1, 0.15) is 66.0 Å². The first kappa shape index (κ1) is 22.8. The monoisotopic (exact) mass is 481 g/mol. The average molecular weight is 482 g/mol. The van der Waals surface area contributed by atoms with Gasteiger partial charge in [0.15, 0.2) is 0 Å². The number of aryl methyl sites for hydroxylation is 2. The van der Waals surface area contributed by atoms with Crippen molar-refractivity contribution in [2.75, 3.05) is 13.1 Å². The molecule has 35 heavy (non-hydrogen) atoms. The zero-order valence-electron chi connectivity index (χ0n) is 19.6. The lowest BCUT2D eigenvalue weighted by atomic mass is 9.81. The Morgan fingerprint density at radius 3 is 2.31 bits per heavy atom. The van der Waals surface area contributed by atoms with Crippen LogP contribution in [0.25, 0.3) is 0 Å². The van der Waals surface area contributed by atoms with Crippen molar-refractivity contribution in [2.45, 2.75) is 62.6 Å². The van der Waals surface area contributed by atoms with Crippen molar-refractivity contribution in [1.82, 2.24) is 15.1 Å². The lowest BCUT2D eigenvalue weighted by Crippen LogP contribution is -2.38. The van der Waals surface area contributed by atoms with E-state index in [1.807, 2.05) is 0 Å². The second-order valence-corrected chi connectivity index (χ2v) is 10.5. The number of nitrogens with zero attached hydrogens (tertiary/aromatic N) is 3. The van der Waals surface area contributed by atoms with E-state index in [0.29, 0.717) is 59.9 Å². The fourth-order valence-electron chi connectivity index (χ4n) is 6.38. The largest absolute Gasteiger partial charge is 0.425 e. The molecule has 2 aliphatic carbocycles. The molecule has 0 bridgehead atoms. The van der Waals surface area contributed by atoms with Gasteiger partial charge in [0.2, 0.25) is 11.8 Å². The second kappa shape index (κ2) is 9.08. The van der Waals surface area contributed by atoms with Crippen molar-refractivity contribution in [3.8, 4) is 0 Å². The van der Waals surface area contributed by atoms with E-state index in [2.05, 4.69) is 45.4 Å². The molecule has 0 spiro atoms. The van der Waals surface area contributed by atoms with Crippen molar-refractivity contribution in [3.05, 3.63) is 83.1 Å². The predicted octanol–water partition coefficient (Wildman–Crippen LogP) is 6.25. The van der Waals surface area contributed by atoms with E-state index in [-0.39, 0.29) is 0 Å². The molecule has 6 rings (SSSR count). The second-order valence-electron chi connectivity index (χ2n) is 10.5. The lowest BCUT2D eigenvalue weighted by molar-refractivity contribution is -0.137. The Bertz CT molecular complexity index is 1140. The van der Waals surface area contributed by atoms with E-state index in [9.17, 15) is 13.2 Å². The summed E-state index contributed by atoms with van der Waals surface area (Å²) in [5.74, 6) is 3.47. The van der Waals surface area contributed by atoms with Crippen molar-refractivity contribution >= 4 is 0 Å². The minimum Gasteiger partial charge on any atom is -0.425 e. The smallest absolute Gasteiger partial charge is 0.416 e. The first-order valence-corrected chi connectivity index (χ1v) is 12.7. The summed E-state index contributed by atoms with van der Waals surface area (Å²) >= 11 is 0. The van der Waals surface area contributed by atoms with E-state index >= 15 is 0 Å². The van der Waals surface area contributed by atoms with Gasteiger partial charge in [-0.1, -0.05) is 48.5 Å². The summed E-state index contributed by atoms with van der Waals surface area (Å²) in [6.07, 6.45) is 1.64. The highest BCUT2D eigenvalue weighted by atomic mass is 19.4. The third-order valence-electron chi connectivity index (χ3n) is 8.36. The molecule has 1 saturated heterocycles. The number of piperidine rings is 1. The topological polar surface area (TPSA) is 42.2 Å². The quantitative estimate of drug-likeness (QED) is 0.418. The zero-order valence-corrected chi connectivity index (χ0v) is 19.6. The molecule has 2 saturated carbocycles. The van der Waals surface area contributed by atoms with Crippen LogP contribution in [0.15, 0.2) is 59.0 Å². The predicted molar refractivity (Wildman–Crippen MR) is 126 cm³/mol. The van der Waals surface area contributed by atoms with Crippen molar-refractivity contribution in [3.63, 3.8) is 0 Å². The molecule has 7 heteroatoms. The maximum atomic E-state index is 12.9. The van der Waals surface area contributed by atoms with Gasteiger partial charge in [-0.05, 0) is 67.1 Å². The van der Waals surface area contributed by atoms with Crippen LogP contribution in [0.3, 0.4) is 0 Å². The van der Waals surface area contributed by atoms with Crippen molar-refractivity contribution in [1.29, 1.82) is 0 Å². The number of fused-ring (bicyclic) bond motifs is 1. The van der Waals surface area contributed by atoms with Gasteiger partial charge in [0, 0.05) is 31.5 Å². The summed E-state index contributed by atoms with van der Waals surface area (Å²) in [5, 5.41) is 8.48. The van der Waals surface area contributed by atoms with E-state index in [0.717, 1.165) is 19.2 Å². The molecule has 3 atom stereocenters. The molecule has 2 heterocycles. The molecule has 1 aliphatic heterocycles. The van der Waals surface area contributed by atoms with Gasteiger partial charge in [-0.3, -0.25) is 4.90 Å². The van der Waals surface area contributed by atoms with Gasteiger partial charge >= 0.3 is 6.18 Å². The molecular weight excluding hydrogens is 451 g/mol. The van der Waals surface area contributed by atoms with Crippen LogP contribution < -0.4 is 0 Å². The summed E-state index contributed by atoms with van der Waals surface area (Å²) in [5.41, 5.74) is 1.49. The van der Waals surface area contributed by atoms with Gasteiger partial charge in [0.25, 0.3) is 0 Å². The fraction of sp³-hybridized carbons (Fsp3) is 0.500. The van der Waals surface area contributed by atoms with Gasteiger partial charge in [0.05, 0.1) is 5.56 Å². The summed E-state index contributed by atoms with van der Waals surface area (Å²) < 4.78 is 44.7. The van der Waals surface area contributed by atoms with Gasteiger partial charge in [0.1, 0.15) is 0 Å². The van der Waals surface area contributed by atoms with Crippen LogP contribution in [0.5, 0.6) is 0 Å². The minimum absolute atomic E-state index is 0.349. The van der Waals surface area contributed by atoms with Gasteiger partial charge < -0.3 is 4.42 Å². The highest BCUT2D eigenvalue weighted by molar-refractivity contribution is 5.26. The van der Waals surface area contributed by atoms with E-state index in [1.165, 1.54) is 43.4 Å². The zero-order chi connectivity index (χ0) is 24.0. The summed E-state index contributed by atoms with van der Waals surface area (Å²) in [6.45, 7) is 2.22. The number of aromatic nitrogens is 2. The van der Waals surface area contributed by atoms with Crippen LogP contribution in [-0.4, -0.2) is 34.2 Å². The van der Waals surface area contributed by atoms with Gasteiger partial charge in [-0.15, -0.1) is 10.2 Å². The number of rotatable bonds is 6. The average Bonchev–Trinajstić information content (AvgIpc) is 3.20. The molecule has 3 aliphatic rings. The molecule has 0 N–H and O–H groups in total. The molecule has 184 valence electrons. The lowest BCUT2D eigenvalue weighted by Gasteiger charge is -2.36. The number of benzene rings is 2. The van der Waals surface area contributed by atoms with E-state index < -0.39 is 11.7 Å². The highest BCUT2D eigenvalue weighted by Crippen LogP contribution is 2.58. The number of hydrogen-bond donors (Lipinski definition) is 0. The van der Waals surface area contributed by atoms with E-state index in [4.69, 9.17) is 4.42 Å². The fourth-order valence-corrected chi connectivity index (χ4v) is 6.38. The number of halogens is 3. The Hall–Kier alpha value is -2.67. The Kier molecular flexibility index (Phi) is 5.91. The Balaban J connectivity index is 0.987. The Labute approximate surface area is 203 Å². The molecule has 3 aromatic rings. The molecular formula is C28H30F3N3O. The molecule has 1 unspecified atom stereocenters. The van der Waals surface area contributed by atoms with Crippen LogP contribution in [0.4, 0.5) is 13.2 Å². The van der Waals surface area contributed by atoms with Crippen LogP contribution in [0.2, 0.25) is 0 Å². The minimum atomic E-state index is -4.33. The molecule has 0 radical (unpaired) electrons. The standard InChI is InChI=1S/C28H30F3N3O/c29-28(30,31)21-8-4-5-18(15-21)9-14-25-32-33-27(35-25)26-23-16-34(17-24(23)26)22-12-10-20(11-13-22)19-6-2-1-3-7-19/h1-8,15,20,22-24,26H,9-14,16-17H2/t20?,22?,23-,24+,26?. The third-order valence-corrected chi connectivity index (χ3v) is 8.36. The molecule has 2 aromatic carbocycles. The van der Waals surface area contributed by atoms with Crippen LogP contribution >= 0.6 is 0 Å². The summed E-state index contributed by atoms with van der Waals surface area (Å²) in [4.78, 5) is 2.68. The van der Waals surface area contributed by atoms with Crippen molar-refractivity contribution in [2.24, 2.45) is 11.8 Å². The van der Waals surface area contributed by atoms with Crippen LogP contribution in [0, 0.1) is 11.8 Å². The number of alkyl halides is 3. The van der Waals surface area contributed by atoms with E-state index in [1.54, 1.807) is 6.07 Å². The Morgan fingerprint density at radius 1 is 0.857 bits per heavy atom. The van der Waals surface area contributed by atoms with Gasteiger partial charge in [-0.2, -0.15) is 13.2 Å². The maximum absolute atomic E-state index is 12.9. The first-order chi connectivity index (χ1) is 17.0. The number of likely N-dealkylation sites (tertiary alicyclic amines) is 1. The Morgan fingerprint density at radius 2 is 1.60 bits per heavy atom. The molecule has 0 amide bonds. The summed E-state index contributed by atoms with van der Waals surface area (Å²) in [6, 6.07) is 17.0. The summed E-state index contributed by atoms with van der Waals surface area (Å²) in [7, 11) is 0.